The molecule has 12 heteroatoms. The summed E-state index contributed by atoms with van der Waals surface area (Å²) >= 11 is 9.24. The number of amidine groups is 3. The molecule has 0 spiro atoms. The first-order chi connectivity index (χ1) is 19.1. The third-order valence-electron chi connectivity index (χ3n) is 6.12. The summed E-state index contributed by atoms with van der Waals surface area (Å²) in [6.45, 7) is 3.14. The van der Waals surface area contributed by atoms with Gasteiger partial charge in [-0.25, -0.2) is 19.4 Å². The quantitative estimate of drug-likeness (QED) is 0.374. The largest absolute Gasteiger partial charge is 0.463 e. The summed E-state index contributed by atoms with van der Waals surface area (Å²) in [7, 11) is 0. The van der Waals surface area contributed by atoms with Gasteiger partial charge in [0.15, 0.2) is 0 Å². The molecule has 0 fully saturated rings. The number of hydrogen-bond donors (Lipinski definition) is 3. The Labute approximate surface area is 245 Å². The maximum Gasteiger partial charge on any atom is 0.283 e. The van der Waals surface area contributed by atoms with Crippen LogP contribution in [0.15, 0.2) is 92.2 Å². The van der Waals surface area contributed by atoms with E-state index < -0.39 is 5.54 Å². The van der Waals surface area contributed by atoms with Crippen LogP contribution < -0.4 is 17.2 Å². The lowest BCUT2D eigenvalue weighted by Crippen LogP contribution is -2.22. The zero-order chi connectivity index (χ0) is 28.7. The lowest BCUT2D eigenvalue weighted by molar-refractivity contribution is 0.262. The van der Waals surface area contributed by atoms with E-state index in [0.29, 0.717) is 30.4 Å². The molecule has 6 rings (SSSR count). The first-order valence-electron chi connectivity index (χ1n) is 12.3. The second kappa shape index (κ2) is 13.0. The average Bonchev–Trinajstić information content (AvgIpc) is 3.65. The molecule has 6 N–H and O–H groups in total. The summed E-state index contributed by atoms with van der Waals surface area (Å²) in [5.41, 5.74) is 18.2. The lowest BCUT2D eigenvalue weighted by atomic mass is 9.94. The highest BCUT2D eigenvalue weighted by molar-refractivity contribution is 9.10. The highest BCUT2D eigenvalue weighted by atomic mass is 79.9. The number of halogens is 3. The zero-order valence-electron chi connectivity index (χ0n) is 21.6. The molecule has 0 saturated carbocycles. The Morgan fingerprint density at radius 2 is 1.43 bits per heavy atom. The third kappa shape index (κ3) is 7.64. The number of hydrogen-bond acceptors (Lipinski definition) is 9. The third-order valence-corrected chi connectivity index (χ3v) is 6.85. The molecule has 0 radical (unpaired) electrons. The molecule has 3 aliphatic rings. The van der Waals surface area contributed by atoms with Gasteiger partial charge in [0.25, 0.3) is 18.1 Å². The van der Waals surface area contributed by atoms with Gasteiger partial charge >= 0.3 is 0 Å². The summed E-state index contributed by atoms with van der Waals surface area (Å²) in [5, 5.41) is 0.707. The van der Waals surface area contributed by atoms with Gasteiger partial charge in [0.05, 0.1) is 0 Å². The second-order valence-electron chi connectivity index (χ2n) is 9.19. The molecule has 9 nitrogen and oxygen atoms in total. The second-order valence-corrected chi connectivity index (χ2v) is 10.5. The fourth-order valence-corrected chi connectivity index (χ4v) is 4.73. The van der Waals surface area contributed by atoms with E-state index in [1.165, 1.54) is 6.07 Å². The van der Waals surface area contributed by atoms with Gasteiger partial charge in [-0.2, -0.15) is 0 Å². The van der Waals surface area contributed by atoms with Crippen molar-refractivity contribution in [1.29, 1.82) is 0 Å². The number of rotatable bonds is 3. The van der Waals surface area contributed by atoms with Crippen molar-refractivity contribution in [2.45, 2.75) is 24.5 Å². The Hall–Kier alpha value is -3.83. The fourth-order valence-electron chi connectivity index (χ4n) is 4.11. The van der Waals surface area contributed by atoms with Crippen molar-refractivity contribution in [1.82, 2.24) is 0 Å². The summed E-state index contributed by atoms with van der Waals surface area (Å²) < 4.78 is 29.7. The van der Waals surface area contributed by atoms with Crippen LogP contribution in [0, 0.1) is 5.82 Å². The van der Waals surface area contributed by atoms with Crippen molar-refractivity contribution in [3.63, 3.8) is 0 Å². The standard InChI is InChI=1S/C10H11FN2O.C9H9BrN2O.C9H9ClN2O/c1-10(6-14-9(12)13-10)7-4-2-3-5-8(7)11;2*10-7-3-1-2-6(4-7)8-5-13-9(11)12-8/h2-5H,6H2,1H3,(H2,12,13);2*1-4,8H,5H2,(H2,11,12)/t10-;2*8-/m111/s1. The SMILES string of the molecule is C[C@]1(c2ccccc2F)COC(N)=N1.NC1=N[C@@H](c2cccc(Br)c2)CO1.NC1=N[C@@H](c2cccc(Cl)c2)CO1. The van der Waals surface area contributed by atoms with Crippen LogP contribution in [0.25, 0.3) is 0 Å². The maximum absolute atomic E-state index is 13.4. The number of benzene rings is 3. The van der Waals surface area contributed by atoms with Crippen LogP contribution in [-0.2, 0) is 19.7 Å². The minimum absolute atomic E-state index is 0.00120. The number of aliphatic imine (C=N–C) groups is 3. The molecule has 0 saturated heterocycles. The van der Waals surface area contributed by atoms with Gasteiger partial charge in [-0.05, 0) is 48.4 Å². The average molecular weight is 632 g/mol. The van der Waals surface area contributed by atoms with Crippen molar-refractivity contribution >= 4 is 45.6 Å². The molecule has 210 valence electrons. The van der Waals surface area contributed by atoms with Crippen molar-refractivity contribution in [3.05, 3.63) is 105 Å². The Balaban J connectivity index is 0.000000139. The Morgan fingerprint density at radius 1 is 0.825 bits per heavy atom. The highest BCUT2D eigenvalue weighted by Crippen LogP contribution is 2.31. The van der Waals surface area contributed by atoms with Crippen LogP contribution in [0.5, 0.6) is 0 Å². The van der Waals surface area contributed by atoms with E-state index in [4.69, 9.17) is 43.0 Å². The van der Waals surface area contributed by atoms with E-state index in [2.05, 4.69) is 30.9 Å². The van der Waals surface area contributed by atoms with Crippen LogP contribution in [0.2, 0.25) is 5.02 Å². The molecule has 3 aromatic rings. The molecule has 3 atom stereocenters. The van der Waals surface area contributed by atoms with E-state index in [1.54, 1.807) is 25.1 Å². The summed E-state index contributed by atoms with van der Waals surface area (Å²) in [5.74, 6) is -0.281. The smallest absolute Gasteiger partial charge is 0.283 e. The molecule has 0 amide bonds. The van der Waals surface area contributed by atoms with Gasteiger partial charge in [0.1, 0.15) is 43.3 Å². The number of nitrogens with two attached hydrogens (primary N) is 3. The van der Waals surface area contributed by atoms with Crippen molar-refractivity contribution < 1.29 is 18.6 Å². The minimum atomic E-state index is -0.685. The van der Waals surface area contributed by atoms with Crippen LogP contribution in [0.3, 0.4) is 0 Å². The number of ether oxygens (including phenoxy) is 3. The van der Waals surface area contributed by atoms with E-state index >= 15 is 0 Å². The summed E-state index contributed by atoms with van der Waals surface area (Å²) in [6, 6.07) is 22.8. The van der Waals surface area contributed by atoms with E-state index in [9.17, 15) is 4.39 Å². The minimum Gasteiger partial charge on any atom is -0.463 e. The molecular weight excluding hydrogens is 603 g/mol. The summed E-state index contributed by atoms with van der Waals surface area (Å²) in [6.07, 6.45) is 0. The topological polar surface area (TPSA) is 143 Å². The molecule has 40 heavy (non-hydrogen) atoms. The number of nitrogens with zero attached hydrogens (tertiary/aromatic N) is 3. The fraction of sp³-hybridized carbons (Fsp3) is 0.250. The Kier molecular flexibility index (Phi) is 9.49. The predicted octanol–water partition coefficient (Wildman–Crippen LogP) is 4.95. The molecule has 0 unspecified atom stereocenters. The monoisotopic (exact) mass is 630 g/mol. The van der Waals surface area contributed by atoms with Crippen molar-refractivity contribution in [2.75, 3.05) is 19.8 Å². The molecule has 3 heterocycles. The van der Waals surface area contributed by atoms with Crippen LogP contribution in [0.1, 0.15) is 35.7 Å². The molecule has 0 aliphatic carbocycles. The first-order valence-corrected chi connectivity index (χ1v) is 13.5. The van der Waals surface area contributed by atoms with Crippen LogP contribution in [0.4, 0.5) is 4.39 Å². The van der Waals surface area contributed by atoms with E-state index in [0.717, 1.165) is 15.6 Å². The Bertz CT molecular complexity index is 1370. The lowest BCUT2D eigenvalue weighted by Gasteiger charge is -2.18. The van der Waals surface area contributed by atoms with Gasteiger partial charge in [-0.3, -0.25) is 0 Å². The Morgan fingerprint density at radius 3 is 1.93 bits per heavy atom. The molecular formula is C28H29BrClFN6O3. The van der Waals surface area contributed by atoms with Crippen molar-refractivity contribution in [3.8, 4) is 0 Å². The van der Waals surface area contributed by atoms with Crippen molar-refractivity contribution in [2.24, 2.45) is 32.2 Å². The van der Waals surface area contributed by atoms with Crippen LogP contribution in [-0.4, -0.2) is 37.9 Å². The van der Waals surface area contributed by atoms with Gasteiger partial charge in [-0.15, -0.1) is 0 Å². The zero-order valence-corrected chi connectivity index (χ0v) is 24.0. The van der Waals surface area contributed by atoms with Gasteiger partial charge < -0.3 is 31.4 Å². The first kappa shape index (κ1) is 29.2. The van der Waals surface area contributed by atoms with Gasteiger partial charge in [-0.1, -0.05) is 70.0 Å². The highest BCUT2D eigenvalue weighted by Gasteiger charge is 2.34. The van der Waals surface area contributed by atoms with Gasteiger partial charge in [0, 0.05) is 15.1 Å². The van der Waals surface area contributed by atoms with E-state index in [-0.39, 0.29) is 36.0 Å². The predicted molar refractivity (Wildman–Crippen MR) is 158 cm³/mol. The molecule has 0 aromatic heterocycles. The maximum atomic E-state index is 13.4. The molecule has 3 aliphatic heterocycles. The summed E-state index contributed by atoms with van der Waals surface area (Å²) in [4.78, 5) is 12.3. The van der Waals surface area contributed by atoms with Crippen LogP contribution >= 0.6 is 27.5 Å². The molecule has 0 bridgehead atoms. The van der Waals surface area contributed by atoms with Gasteiger partial charge in [0.2, 0.25) is 0 Å². The molecule has 3 aromatic carbocycles. The van der Waals surface area contributed by atoms with E-state index in [1.807, 2.05) is 48.5 Å². The normalized spacial score (nSPS) is 22.6.